The van der Waals surface area contributed by atoms with Crippen LogP contribution in [0, 0.1) is 4.77 Å². The van der Waals surface area contributed by atoms with Gasteiger partial charge in [0, 0.05) is 19.2 Å². The van der Waals surface area contributed by atoms with Crippen LogP contribution in [0.5, 0.6) is 0 Å². The first-order chi connectivity index (χ1) is 14.4. The van der Waals surface area contributed by atoms with Gasteiger partial charge < -0.3 is 9.88 Å². The molecule has 1 aliphatic rings. The number of amides is 1. The molecule has 30 heavy (non-hydrogen) atoms. The number of aryl methyl sites for hydroxylation is 1. The van der Waals surface area contributed by atoms with Crippen molar-refractivity contribution in [3.8, 4) is 0 Å². The third-order valence-corrected chi connectivity index (χ3v) is 7.31. The van der Waals surface area contributed by atoms with Crippen LogP contribution >= 0.6 is 12.2 Å². The van der Waals surface area contributed by atoms with Crippen molar-refractivity contribution in [1.82, 2.24) is 20.1 Å². The summed E-state index contributed by atoms with van der Waals surface area (Å²) in [6.45, 7) is 0.577. The van der Waals surface area contributed by atoms with Gasteiger partial charge in [-0.05, 0) is 54.9 Å². The molecule has 0 aliphatic carbocycles. The fourth-order valence-electron chi connectivity index (χ4n) is 3.47. The van der Waals surface area contributed by atoms with Crippen LogP contribution in [0.3, 0.4) is 0 Å². The van der Waals surface area contributed by atoms with Crippen LogP contribution in [0.1, 0.15) is 28.2 Å². The molecule has 0 radical (unpaired) electrons. The zero-order valence-electron chi connectivity index (χ0n) is 16.3. The Morgan fingerprint density at radius 1 is 1.23 bits per heavy atom. The number of hydrogen-bond acceptors (Lipinski definition) is 5. The molecule has 0 spiro atoms. The van der Waals surface area contributed by atoms with Gasteiger partial charge in [0.05, 0.1) is 17.1 Å². The zero-order valence-corrected chi connectivity index (χ0v) is 18.0. The number of nitrogens with one attached hydrogen (secondary N) is 2. The molecular formula is C20H21N5O3S2. The normalized spacial score (nSPS) is 13.7. The van der Waals surface area contributed by atoms with E-state index in [-0.39, 0.29) is 22.9 Å². The number of benzene rings is 2. The topological polar surface area (TPSA) is 100 Å². The molecule has 3 aromatic rings. The zero-order chi connectivity index (χ0) is 21.3. The molecular weight excluding hydrogens is 422 g/mol. The summed E-state index contributed by atoms with van der Waals surface area (Å²) in [6.07, 6.45) is 1.60. The maximum atomic E-state index is 13.3. The summed E-state index contributed by atoms with van der Waals surface area (Å²) in [5, 5.41) is 9.45. The quantitative estimate of drug-likeness (QED) is 0.591. The van der Waals surface area contributed by atoms with E-state index in [0.717, 1.165) is 18.4 Å². The lowest BCUT2D eigenvalue weighted by atomic mass is 10.0. The predicted molar refractivity (Wildman–Crippen MR) is 115 cm³/mol. The van der Waals surface area contributed by atoms with Gasteiger partial charge in [-0.2, -0.15) is 5.10 Å². The number of anilines is 1. The number of nitrogens with zero attached hydrogens (tertiary/aromatic N) is 3. The minimum absolute atomic E-state index is 0.0880. The van der Waals surface area contributed by atoms with Gasteiger partial charge in [0.2, 0.25) is 0 Å². The first-order valence-corrected chi connectivity index (χ1v) is 11.3. The van der Waals surface area contributed by atoms with E-state index in [0.29, 0.717) is 22.8 Å². The van der Waals surface area contributed by atoms with Crippen molar-refractivity contribution in [3.63, 3.8) is 0 Å². The van der Waals surface area contributed by atoms with E-state index in [4.69, 9.17) is 12.2 Å². The number of aromatic amines is 1. The predicted octanol–water partition coefficient (Wildman–Crippen LogP) is 2.55. The lowest BCUT2D eigenvalue weighted by Gasteiger charge is -2.30. The minimum atomic E-state index is -3.78. The highest BCUT2D eigenvalue weighted by Gasteiger charge is 2.29. The SMILES string of the molecule is Cn1c(CNC(=O)c2cccc(S(=O)(=O)N3CCCc4ccccc43)c2)n[nH]c1=S. The van der Waals surface area contributed by atoms with Gasteiger partial charge in [0.1, 0.15) is 0 Å². The second-order valence-electron chi connectivity index (χ2n) is 7.02. The molecule has 2 aromatic carbocycles. The average molecular weight is 444 g/mol. The summed E-state index contributed by atoms with van der Waals surface area (Å²) < 4.78 is 30.2. The van der Waals surface area contributed by atoms with E-state index in [1.165, 1.54) is 16.4 Å². The monoisotopic (exact) mass is 443 g/mol. The van der Waals surface area contributed by atoms with Crippen molar-refractivity contribution in [2.24, 2.45) is 7.05 Å². The number of rotatable bonds is 5. The Morgan fingerprint density at radius 3 is 2.80 bits per heavy atom. The Labute approximate surface area is 179 Å². The van der Waals surface area contributed by atoms with Crippen LogP contribution in [0.15, 0.2) is 53.4 Å². The number of H-pyrrole nitrogens is 1. The van der Waals surface area contributed by atoms with Crippen LogP contribution in [-0.4, -0.2) is 35.6 Å². The molecule has 1 aliphatic heterocycles. The molecule has 156 valence electrons. The smallest absolute Gasteiger partial charge is 0.264 e. The van der Waals surface area contributed by atoms with E-state index >= 15 is 0 Å². The molecule has 10 heteroatoms. The maximum Gasteiger partial charge on any atom is 0.264 e. The minimum Gasteiger partial charge on any atom is -0.345 e. The molecule has 0 bridgehead atoms. The molecule has 0 saturated heterocycles. The van der Waals surface area contributed by atoms with Crippen molar-refractivity contribution in [1.29, 1.82) is 0 Å². The van der Waals surface area contributed by atoms with Crippen molar-refractivity contribution in [2.45, 2.75) is 24.3 Å². The van der Waals surface area contributed by atoms with Gasteiger partial charge in [-0.1, -0.05) is 24.3 Å². The molecule has 0 fully saturated rings. The number of carbonyl (C=O) groups excluding carboxylic acids is 1. The van der Waals surface area contributed by atoms with E-state index in [9.17, 15) is 13.2 Å². The van der Waals surface area contributed by atoms with Crippen LogP contribution in [0.4, 0.5) is 5.69 Å². The molecule has 0 unspecified atom stereocenters. The lowest BCUT2D eigenvalue weighted by molar-refractivity contribution is 0.0949. The fourth-order valence-corrected chi connectivity index (χ4v) is 5.21. The van der Waals surface area contributed by atoms with Crippen LogP contribution < -0.4 is 9.62 Å². The van der Waals surface area contributed by atoms with E-state index in [1.54, 1.807) is 23.7 Å². The summed E-state index contributed by atoms with van der Waals surface area (Å²) in [4.78, 5) is 12.7. The molecule has 0 atom stereocenters. The second kappa shape index (κ2) is 8.04. The van der Waals surface area contributed by atoms with Gasteiger partial charge in [-0.25, -0.2) is 8.42 Å². The number of hydrogen-bond donors (Lipinski definition) is 2. The number of carbonyl (C=O) groups is 1. The number of fused-ring (bicyclic) bond motifs is 1. The first kappa shape index (κ1) is 20.3. The van der Waals surface area contributed by atoms with Crippen LogP contribution in [0.25, 0.3) is 0 Å². The summed E-state index contributed by atoms with van der Waals surface area (Å²) in [7, 11) is -2.04. The van der Waals surface area contributed by atoms with Gasteiger partial charge in [-0.3, -0.25) is 14.2 Å². The Morgan fingerprint density at radius 2 is 2.03 bits per heavy atom. The third kappa shape index (κ3) is 3.75. The molecule has 1 amide bonds. The van der Waals surface area contributed by atoms with Gasteiger partial charge >= 0.3 is 0 Å². The van der Waals surface area contributed by atoms with Crippen LogP contribution in [0.2, 0.25) is 0 Å². The third-order valence-electron chi connectivity index (χ3n) is 5.13. The lowest BCUT2D eigenvalue weighted by Crippen LogP contribution is -2.35. The van der Waals surface area contributed by atoms with Gasteiger partial charge in [0.25, 0.3) is 15.9 Å². The number of para-hydroxylation sites is 1. The molecule has 2 N–H and O–H groups in total. The van der Waals surface area contributed by atoms with Crippen molar-refractivity contribution in [2.75, 3.05) is 10.8 Å². The molecule has 4 rings (SSSR count). The molecule has 1 aromatic heterocycles. The number of aromatic nitrogens is 3. The second-order valence-corrected chi connectivity index (χ2v) is 9.27. The molecule has 2 heterocycles. The Bertz CT molecular complexity index is 1260. The first-order valence-electron chi connectivity index (χ1n) is 9.47. The largest absolute Gasteiger partial charge is 0.345 e. The highest BCUT2D eigenvalue weighted by atomic mass is 32.2. The summed E-state index contributed by atoms with van der Waals surface area (Å²) in [5.74, 6) is 0.182. The summed E-state index contributed by atoms with van der Waals surface area (Å²) >= 11 is 5.06. The van der Waals surface area contributed by atoms with Crippen molar-refractivity contribution in [3.05, 3.63) is 70.3 Å². The van der Waals surface area contributed by atoms with E-state index in [2.05, 4.69) is 15.5 Å². The Kier molecular flexibility index (Phi) is 5.44. The highest BCUT2D eigenvalue weighted by molar-refractivity contribution is 7.92. The van der Waals surface area contributed by atoms with Gasteiger partial charge in [0.15, 0.2) is 10.6 Å². The summed E-state index contributed by atoms with van der Waals surface area (Å²) in [5.41, 5.74) is 1.97. The van der Waals surface area contributed by atoms with E-state index < -0.39 is 10.0 Å². The summed E-state index contributed by atoms with van der Waals surface area (Å²) in [6, 6.07) is 13.6. The van der Waals surface area contributed by atoms with Crippen LogP contribution in [-0.2, 0) is 30.0 Å². The average Bonchev–Trinajstić information content (AvgIpc) is 3.09. The Balaban J connectivity index is 1.58. The highest BCUT2D eigenvalue weighted by Crippen LogP contribution is 2.31. The Hall–Kier alpha value is -2.98. The van der Waals surface area contributed by atoms with Crippen molar-refractivity contribution < 1.29 is 13.2 Å². The van der Waals surface area contributed by atoms with E-state index in [1.807, 2.05) is 24.3 Å². The maximum absolute atomic E-state index is 13.3. The molecule has 0 saturated carbocycles. The number of sulfonamides is 1. The molecule has 8 nitrogen and oxygen atoms in total. The fraction of sp³-hybridized carbons (Fsp3) is 0.250. The van der Waals surface area contributed by atoms with Gasteiger partial charge in [-0.15, -0.1) is 0 Å². The van der Waals surface area contributed by atoms with Crippen molar-refractivity contribution >= 4 is 33.8 Å². The standard InChI is InChI=1S/C20H21N5O3S2/c1-24-18(22-23-20(24)29)13-21-19(26)15-7-4-9-16(12-15)30(27,28)25-11-5-8-14-6-2-3-10-17(14)25/h2-4,6-7,9-10,12H,5,8,11,13H2,1H3,(H,21,26)(H,23,29).